The molecule has 1 atom stereocenters. The van der Waals surface area contributed by atoms with Gasteiger partial charge < -0.3 is 9.30 Å². The van der Waals surface area contributed by atoms with Gasteiger partial charge in [-0.2, -0.15) is 13.2 Å². The van der Waals surface area contributed by atoms with Gasteiger partial charge in [0.25, 0.3) is 0 Å². The minimum Gasteiger partial charge on any atom is -0.465 e. The Morgan fingerprint density at radius 2 is 1.71 bits per heavy atom. The summed E-state index contributed by atoms with van der Waals surface area (Å²) in [5.41, 5.74) is 3.09. The van der Waals surface area contributed by atoms with Crippen LogP contribution in [0.1, 0.15) is 47.8 Å². The highest BCUT2D eigenvalue weighted by molar-refractivity contribution is 6.33. The molecule has 1 unspecified atom stereocenters. The minimum absolute atomic E-state index is 0.0414. The van der Waals surface area contributed by atoms with Crippen LogP contribution in [0.4, 0.5) is 13.2 Å². The molecule has 0 bridgehead atoms. The van der Waals surface area contributed by atoms with E-state index in [1.807, 2.05) is 42.6 Å². The normalized spacial score (nSPS) is 12.8. The number of aromatic nitrogens is 1. The highest BCUT2D eigenvalue weighted by atomic mass is 35.5. The number of ether oxygens (including phenoxy) is 1. The molecule has 0 spiro atoms. The molecule has 0 amide bonds. The second kappa shape index (κ2) is 9.78. The molecule has 0 saturated carbocycles. The van der Waals surface area contributed by atoms with E-state index < -0.39 is 11.7 Å². The smallest absolute Gasteiger partial charge is 0.416 e. The summed E-state index contributed by atoms with van der Waals surface area (Å²) in [7, 11) is 1.36. The van der Waals surface area contributed by atoms with Crippen molar-refractivity contribution in [3.8, 4) is 11.1 Å². The summed E-state index contributed by atoms with van der Waals surface area (Å²) >= 11 is 6.22. The fourth-order valence-corrected chi connectivity index (χ4v) is 4.63. The number of hydrogen-bond donors (Lipinski definition) is 0. The molecular weight excluding hydrogens is 475 g/mol. The van der Waals surface area contributed by atoms with E-state index in [4.69, 9.17) is 16.3 Å². The number of rotatable bonds is 6. The van der Waals surface area contributed by atoms with Crippen molar-refractivity contribution in [3.05, 3.63) is 94.6 Å². The standard InChI is InChI=1S/C28H25ClF3NO2/c1-17(2)14-26(18-4-6-19(7-5-18)27(34)35-3)33-13-12-21-15-20(8-11-25(21)33)23-10-9-22(16-24(23)29)28(30,31)32/h4-13,15-17,26H,14H2,1-3H3. The molecule has 0 fully saturated rings. The van der Waals surface area contributed by atoms with Gasteiger partial charge >= 0.3 is 12.1 Å². The monoisotopic (exact) mass is 499 g/mol. The number of alkyl halides is 3. The van der Waals surface area contributed by atoms with Gasteiger partial charge in [0.15, 0.2) is 0 Å². The molecule has 4 rings (SSSR count). The molecule has 3 nitrogen and oxygen atoms in total. The molecule has 1 aromatic heterocycles. The lowest BCUT2D eigenvalue weighted by atomic mass is 9.95. The summed E-state index contributed by atoms with van der Waals surface area (Å²) in [6, 6.07) is 18.7. The number of hydrogen-bond acceptors (Lipinski definition) is 2. The Kier molecular flexibility index (Phi) is 6.95. The van der Waals surface area contributed by atoms with Gasteiger partial charge in [0.2, 0.25) is 0 Å². The number of fused-ring (bicyclic) bond motifs is 1. The van der Waals surface area contributed by atoms with Crippen molar-refractivity contribution in [2.45, 2.75) is 32.5 Å². The van der Waals surface area contributed by atoms with Gasteiger partial charge in [0.1, 0.15) is 0 Å². The topological polar surface area (TPSA) is 31.2 Å². The zero-order valence-electron chi connectivity index (χ0n) is 19.6. The van der Waals surface area contributed by atoms with Gasteiger partial charge in [-0.15, -0.1) is 0 Å². The van der Waals surface area contributed by atoms with Crippen LogP contribution in [0, 0.1) is 5.92 Å². The van der Waals surface area contributed by atoms with E-state index in [2.05, 4.69) is 18.4 Å². The van der Waals surface area contributed by atoms with Crippen LogP contribution in [0.15, 0.2) is 72.9 Å². The Bertz CT molecular complexity index is 1360. The largest absolute Gasteiger partial charge is 0.465 e. The Morgan fingerprint density at radius 1 is 1.00 bits per heavy atom. The third-order valence-electron chi connectivity index (χ3n) is 6.07. The maximum atomic E-state index is 13.0. The Balaban J connectivity index is 1.72. The van der Waals surface area contributed by atoms with Crippen molar-refractivity contribution >= 4 is 28.5 Å². The van der Waals surface area contributed by atoms with Crippen LogP contribution in [0.3, 0.4) is 0 Å². The molecule has 182 valence electrons. The number of benzene rings is 3. The van der Waals surface area contributed by atoms with E-state index in [0.29, 0.717) is 17.0 Å². The third-order valence-corrected chi connectivity index (χ3v) is 6.39. The zero-order chi connectivity index (χ0) is 25.3. The first-order valence-corrected chi connectivity index (χ1v) is 11.6. The van der Waals surface area contributed by atoms with Crippen molar-refractivity contribution in [1.82, 2.24) is 4.57 Å². The predicted octanol–water partition coefficient (Wildman–Crippen LogP) is 8.40. The van der Waals surface area contributed by atoms with Crippen LogP contribution < -0.4 is 0 Å². The van der Waals surface area contributed by atoms with Crippen LogP contribution in [0.2, 0.25) is 5.02 Å². The number of carbonyl (C=O) groups is 1. The molecule has 0 N–H and O–H groups in total. The van der Waals surface area contributed by atoms with Crippen molar-refractivity contribution in [1.29, 1.82) is 0 Å². The fourth-order valence-electron chi connectivity index (χ4n) is 4.34. The van der Waals surface area contributed by atoms with Crippen LogP contribution in [0.5, 0.6) is 0 Å². The molecule has 0 saturated heterocycles. The lowest BCUT2D eigenvalue weighted by Crippen LogP contribution is -2.13. The number of nitrogens with zero attached hydrogens (tertiary/aromatic N) is 1. The Morgan fingerprint density at radius 3 is 2.31 bits per heavy atom. The van der Waals surface area contributed by atoms with Gasteiger partial charge in [-0.1, -0.05) is 49.7 Å². The van der Waals surface area contributed by atoms with Crippen LogP contribution in [-0.4, -0.2) is 17.6 Å². The average Bonchev–Trinajstić information content (AvgIpc) is 3.24. The second-order valence-corrected chi connectivity index (χ2v) is 9.36. The highest BCUT2D eigenvalue weighted by Crippen LogP contribution is 2.37. The molecule has 1 heterocycles. The number of carbonyl (C=O) groups excluding carboxylic acids is 1. The molecular formula is C28H25ClF3NO2. The predicted molar refractivity (Wildman–Crippen MR) is 133 cm³/mol. The van der Waals surface area contributed by atoms with Crippen LogP contribution in [-0.2, 0) is 10.9 Å². The van der Waals surface area contributed by atoms with Gasteiger partial charge in [-0.05, 0) is 65.9 Å². The summed E-state index contributed by atoms with van der Waals surface area (Å²) in [6.07, 6.45) is -1.54. The summed E-state index contributed by atoms with van der Waals surface area (Å²) in [4.78, 5) is 11.8. The third kappa shape index (κ3) is 5.22. The zero-order valence-corrected chi connectivity index (χ0v) is 20.3. The fraction of sp³-hybridized carbons (Fsp3) is 0.250. The Hall–Kier alpha value is -3.25. The summed E-state index contributed by atoms with van der Waals surface area (Å²) in [5.74, 6) is 0.0424. The summed E-state index contributed by atoms with van der Waals surface area (Å²) in [5, 5.41) is 1.01. The van der Waals surface area contributed by atoms with Crippen LogP contribution >= 0.6 is 11.6 Å². The SMILES string of the molecule is COC(=O)c1ccc(C(CC(C)C)n2ccc3cc(-c4ccc(C(F)(F)F)cc4Cl)ccc32)cc1. The van der Waals surface area contributed by atoms with Gasteiger partial charge in [0, 0.05) is 27.7 Å². The molecule has 0 aliphatic rings. The summed E-state index contributed by atoms with van der Waals surface area (Å²) < 4.78 is 46.0. The van der Waals surface area contributed by atoms with Crippen molar-refractivity contribution in [2.75, 3.05) is 7.11 Å². The molecule has 7 heteroatoms. The van der Waals surface area contributed by atoms with Gasteiger partial charge in [-0.25, -0.2) is 4.79 Å². The molecule has 4 aromatic rings. The lowest BCUT2D eigenvalue weighted by Gasteiger charge is -2.23. The van der Waals surface area contributed by atoms with E-state index in [1.165, 1.54) is 13.2 Å². The van der Waals surface area contributed by atoms with E-state index in [-0.39, 0.29) is 17.0 Å². The second-order valence-electron chi connectivity index (χ2n) is 8.95. The molecule has 0 aliphatic carbocycles. The maximum absolute atomic E-state index is 13.0. The first kappa shape index (κ1) is 24.9. The summed E-state index contributed by atoms with van der Waals surface area (Å²) in [6.45, 7) is 4.32. The van der Waals surface area contributed by atoms with Crippen molar-refractivity contribution in [3.63, 3.8) is 0 Å². The molecule has 0 aliphatic heterocycles. The Labute approximate surface area is 207 Å². The van der Waals surface area contributed by atoms with E-state index in [9.17, 15) is 18.0 Å². The maximum Gasteiger partial charge on any atom is 0.416 e. The number of esters is 1. The number of halogens is 4. The quantitative estimate of drug-likeness (QED) is 0.249. The lowest BCUT2D eigenvalue weighted by molar-refractivity contribution is -0.137. The molecule has 0 radical (unpaired) electrons. The first-order chi connectivity index (χ1) is 16.6. The van der Waals surface area contributed by atoms with Crippen molar-refractivity contribution in [2.24, 2.45) is 5.92 Å². The highest BCUT2D eigenvalue weighted by Gasteiger charge is 2.31. The van der Waals surface area contributed by atoms with Crippen LogP contribution in [0.25, 0.3) is 22.0 Å². The minimum atomic E-state index is -4.44. The van der Waals surface area contributed by atoms with E-state index in [0.717, 1.165) is 40.6 Å². The molecule has 35 heavy (non-hydrogen) atoms. The average molecular weight is 500 g/mol. The number of methoxy groups -OCH3 is 1. The molecule has 3 aromatic carbocycles. The van der Waals surface area contributed by atoms with E-state index in [1.54, 1.807) is 12.1 Å². The van der Waals surface area contributed by atoms with Crippen molar-refractivity contribution < 1.29 is 22.7 Å². The van der Waals surface area contributed by atoms with E-state index >= 15 is 0 Å². The van der Waals surface area contributed by atoms with Gasteiger partial charge in [0.05, 0.1) is 24.3 Å². The first-order valence-electron chi connectivity index (χ1n) is 11.2. The van der Waals surface area contributed by atoms with Gasteiger partial charge in [-0.3, -0.25) is 0 Å².